The molecule has 59 heavy (non-hydrogen) atoms. The first-order valence-corrected chi connectivity index (χ1v) is 21.8. The van der Waals surface area contributed by atoms with Crippen molar-refractivity contribution in [3.8, 4) is 11.5 Å². The monoisotopic (exact) mass is 792 g/mol. The summed E-state index contributed by atoms with van der Waals surface area (Å²) in [7, 11) is 0. The molecule has 1 aliphatic carbocycles. The molecule has 1 unspecified atom stereocenters. The Labute approximate surface area is 345 Å². The predicted octanol–water partition coefficient (Wildman–Crippen LogP) is 5.25. The zero-order valence-corrected chi connectivity index (χ0v) is 33.5. The zero-order valence-electron chi connectivity index (χ0n) is 33.5. The van der Waals surface area contributed by atoms with E-state index in [4.69, 9.17) is 4.74 Å². The van der Waals surface area contributed by atoms with Crippen LogP contribution in [0.4, 0.5) is 11.4 Å². The van der Waals surface area contributed by atoms with Crippen LogP contribution in [-0.4, -0.2) is 114 Å². The van der Waals surface area contributed by atoms with Gasteiger partial charge in [-0.25, -0.2) is 0 Å². The lowest BCUT2D eigenvalue weighted by molar-refractivity contribution is -0.136. The molecular weight excluding hydrogens is 741 g/mol. The van der Waals surface area contributed by atoms with Crippen LogP contribution in [0.2, 0.25) is 0 Å². The molecule has 6 aliphatic heterocycles. The second kappa shape index (κ2) is 14.7. The van der Waals surface area contributed by atoms with Crippen LogP contribution in [0.15, 0.2) is 84.9 Å². The normalized spacial score (nSPS) is 26.4. The number of piperidine rings is 2. The van der Waals surface area contributed by atoms with Gasteiger partial charge in [0.15, 0.2) is 0 Å². The Morgan fingerprint density at radius 1 is 0.678 bits per heavy atom. The number of aromatic hydroxyl groups is 1. The molecule has 11 heteroatoms. The number of likely N-dealkylation sites (tertiary alicyclic amines) is 1. The van der Waals surface area contributed by atoms with E-state index in [0.29, 0.717) is 48.9 Å². The number of aryl methyl sites for hydroxylation is 1. The summed E-state index contributed by atoms with van der Waals surface area (Å²) in [4.78, 5) is 49.7. The third kappa shape index (κ3) is 6.53. The molecule has 304 valence electrons. The first kappa shape index (κ1) is 36.7. The van der Waals surface area contributed by atoms with Crippen molar-refractivity contribution in [3.63, 3.8) is 0 Å². The highest BCUT2D eigenvalue weighted by atomic mass is 16.5. The molecule has 0 saturated carbocycles. The first-order valence-electron chi connectivity index (χ1n) is 21.8. The molecule has 11 nitrogen and oxygen atoms in total. The van der Waals surface area contributed by atoms with Gasteiger partial charge >= 0.3 is 0 Å². The zero-order chi connectivity index (χ0) is 39.8. The second-order valence-corrected chi connectivity index (χ2v) is 17.9. The van der Waals surface area contributed by atoms with Crippen LogP contribution >= 0.6 is 0 Å². The van der Waals surface area contributed by atoms with Crippen LogP contribution in [0.5, 0.6) is 11.5 Å². The van der Waals surface area contributed by atoms with Crippen molar-refractivity contribution in [1.29, 1.82) is 0 Å². The third-order valence-corrected chi connectivity index (χ3v) is 14.7. The fourth-order valence-electron chi connectivity index (χ4n) is 11.5. The summed E-state index contributed by atoms with van der Waals surface area (Å²) in [6.45, 7) is 8.24. The number of phenolic OH excluding ortho intramolecular Hbond substituents is 1. The van der Waals surface area contributed by atoms with Gasteiger partial charge in [0, 0.05) is 88.0 Å². The molecule has 4 aromatic rings. The summed E-state index contributed by atoms with van der Waals surface area (Å²) >= 11 is 0. The Morgan fingerprint density at radius 2 is 1.47 bits per heavy atom. The van der Waals surface area contributed by atoms with E-state index in [2.05, 4.69) is 91.6 Å². The van der Waals surface area contributed by atoms with Gasteiger partial charge in [-0.15, -0.1) is 0 Å². The van der Waals surface area contributed by atoms with Crippen molar-refractivity contribution < 1.29 is 24.2 Å². The van der Waals surface area contributed by atoms with Crippen molar-refractivity contribution in [2.45, 2.75) is 81.1 Å². The van der Waals surface area contributed by atoms with Crippen molar-refractivity contribution in [2.24, 2.45) is 0 Å². The average molecular weight is 793 g/mol. The molecule has 2 N–H and O–H groups in total. The molecule has 4 aromatic carbocycles. The molecule has 0 spiro atoms. The van der Waals surface area contributed by atoms with E-state index in [0.717, 1.165) is 75.7 Å². The summed E-state index contributed by atoms with van der Waals surface area (Å²) in [5, 5.41) is 12.6. The van der Waals surface area contributed by atoms with Gasteiger partial charge in [0.05, 0.1) is 11.7 Å². The minimum atomic E-state index is -0.618. The molecule has 0 bridgehead atoms. The molecule has 3 amide bonds. The van der Waals surface area contributed by atoms with Gasteiger partial charge in [-0.2, -0.15) is 0 Å². The van der Waals surface area contributed by atoms with E-state index >= 15 is 0 Å². The summed E-state index contributed by atoms with van der Waals surface area (Å²) < 4.78 is 6.32. The number of nitrogens with one attached hydrogen (secondary N) is 1. The molecule has 4 fully saturated rings. The number of fused-ring (bicyclic) bond motifs is 5. The number of rotatable bonds is 6. The van der Waals surface area contributed by atoms with Crippen molar-refractivity contribution >= 4 is 29.1 Å². The van der Waals surface area contributed by atoms with Crippen LogP contribution in [-0.2, 0) is 22.6 Å². The van der Waals surface area contributed by atoms with Crippen molar-refractivity contribution in [3.05, 3.63) is 118 Å². The number of hydrogen-bond donors (Lipinski definition) is 2. The fraction of sp³-hybridized carbons (Fsp3) is 0.438. The maximum Gasteiger partial charge on any atom is 0.255 e. The van der Waals surface area contributed by atoms with Crippen LogP contribution in [0.25, 0.3) is 0 Å². The Hall–Kier alpha value is -5.39. The molecule has 0 aromatic heterocycles. The number of imide groups is 1. The van der Waals surface area contributed by atoms with Crippen LogP contribution in [0.1, 0.15) is 82.1 Å². The number of nitrogens with zero attached hydrogens (tertiary/aromatic N) is 5. The minimum Gasteiger partial charge on any atom is -0.508 e. The maximum atomic E-state index is 13.4. The Bertz CT molecular complexity index is 2290. The van der Waals surface area contributed by atoms with Gasteiger partial charge < -0.3 is 24.5 Å². The molecule has 6 heterocycles. The number of anilines is 2. The van der Waals surface area contributed by atoms with Crippen molar-refractivity contribution in [2.75, 3.05) is 62.2 Å². The summed E-state index contributed by atoms with van der Waals surface area (Å²) in [6.07, 6.45) is 5.02. The molecule has 4 saturated heterocycles. The SMILES string of the molecule is O=C1CCC(N2Cc3cc4c(cc3C2=O)OC[C@@H]2CN(C3CN(C5CCN(c6ccc([C@@H]7c8ccc(O)cc8CC[C@@H]7c7ccccc7)cc6)CC5)C3)CCN42)C(=O)N1. The topological polar surface area (TPSA) is 109 Å². The number of carbonyl (C=O) groups excluding carboxylic acids is 3. The van der Waals surface area contributed by atoms with E-state index in [9.17, 15) is 19.5 Å². The van der Waals surface area contributed by atoms with Gasteiger partial charge in [0.25, 0.3) is 5.91 Å². The third-order valence-electron chi connectivity index (χ3n) is 14.7. The number of amides is 3. The predicted molar refractivity (Wildman–Crippen MR) is 225 cm³/mol. The van der Waals surface area contributed by atoms with E-state index in [1.165, 1.54) is 40.8 Å². The Morgan fingerprint density at radius 3 is 2.27 bits per heavy atom. The van der Waals surface area contributed by atoms with Crippen LogP contribution < -0.4 is 19.9 Å². The van der Waals surface area contributed by atoms with Crippen molar-refractivity contribution in [1.82, 2.24) is 20.0 Å². The summed E-state index contributed by atoms with van der Waals surface area (Å²) in [5.74, 6) is 0.943. The summed E-state index contributed by atoms with van der Waals surface area (Å²) in [5.41, 5.74) is 9.22. The quantitative estimate of drug-likeness (QED) is 0.253. The number of phenols is 1. The lowest BCUT2D eigenvalue weighted by Gasteiger charge is -2.54. The molecule has 7 aliphatic rings. The minimum absolute atomic E-state index is 0.163. The number of ether oxygens (including phenoxy) is 1. The van der Waals surface area contributed by atoms with E-state index in [-0.39, 0.29) is 36.1 Å². The second-order valence-electron chi connectivity index (χ2n) is 17.9. The number of benzene rings is 4. The molecule has 0 radical (unpaired) electrons. The lowest BCUT2D eigenvalue weighted by Crippen LogP contribution is -2.68. The number of carbonyl (C=O) groups is 3. The smallest absolute Gasteiger partial charge is 0.255 e. The maximum absolute atomic E-state index is 13.4. The Balaban J connectivity index is 0.687. The lowest BCUT2D eigenvalue weighted by atomic mass is 9.69. The Kier molecular flexibility index (Phi) is 9.14. The first-order chi connectivity index (χ1) is 28.8. The summed E-state index contributed by atoms with van der Waals surface area (Å²) in [6, 6.07) is 31.1. The van der Waals surface area contributed by atoms with Crippen LogP contribution in [0.3, 0.4) is 0 Å². The highest BCUT2D eigenvalue weighted by molar-refractivity contribution is 6.06. The highest BCUT2D eigenvalue weighted by Crippen LogP contribution is 2.47. The van der Waals surface area contributed by atoms with Gasteiger partial charge in [-0.3, -0.25) is 29.5 Å². The van der Waals surface area contributed by atoms with E-state index in [1.54, 1.807) is 4.90 Å². The van der Waals surface area contributed by atoms with Gasteiger partial charge in [0.1, 0.15) is 24.1 Å². The van der Waals surface area contributed by atoms with E-state index in [1.807, 2.05) is 18.2 Å². The standard InChI is InChI=1S/C48H52N6O5/c55-38-11-13-40-32(22-38)8-12-39(30-4-2-1-3-5-30)46(40)31-6-9-34(10-7-31)50-18-16-35(17-19-50)52-26-36(27-52)51-20-21-53-37(28-51)29-59-44-24-41-33(23-43(44)53)25-54(48(41)58)42-14-15-45(56)49-47(42)57/h1-7,9-11,13,22-24,35-37,39,42,46,55H,8,12,14-21,25-29H2,(H,49,56,57)/t37-,39+,42?,46-/m0/s1. The van der Waals surface area contributed by atoms with E-state index < -0.39 is 6.04 Å². The largest absolute Gasteiger partial charge is 0.508 e. The fourth-order valence-corrected chi connectivity index (χ4v) is 11.5. The number of hydrogen-bond acceptors (Lipinski definition) is 9. The van der Waals surface area contributed by atoms with Gasteiger partial charge in [0.2, 0.25) is 11.8 Å². The molecule has 11 rings (SSSR count). The number of piperazine rings is 1. The molecular formula is C48H52N6O5. The van der Waals surface area contributed by atoms with Crippen LogP contribution in [0, 0.1) is 0 Å². The van der Waals surface area contributed by atoms with Gasteiger partial charge in [-0.1, -0.05) is 48.5 Å². The van der Waals surface area contributed by atoms with Gasteiger partial charge in [-0.05, 0) is 102 Å². The average Bonchev–Trinajstić information content (AvgIpc) is 3.56. The molecule has 4 atom stereocenters. The highest BCUT2D eigenvalue weighted by Gasteiger charge is 2.44.